The summed E-state index contributed by atoms with van der Waals surface area (Å²) in [6.45, 7) is 2.46. The van der Waals surface area contributed by atoms with Crippen LogP contribution in [0.1, 0.15) is 44.6 Å². The van der Waals surface area contributed by atoms with Gasteiger partial charge in [0, 0.05) is 18.3 Å². The minimum atomic E-state index is -3.29. The second kappa shape index (κ2) is 6.59. The van der Waals surface area contributed by atoms with Crippen molar-refractivity contribution >= 4 is 15.7 Å². The molecule has 0 aromatic heterocycles. The quantitative estimate of drug-likeness (QED) is 0.850. The van der Waals surface area contributed by atoms with E-state index in [2.05, 4.69) is 0 Å². The second-order valence-corrected chi connectivity index (χ2v) is 7.37. The lowest BCUT2D eigenvalue weighted by Gasteiger charge is -2.32. The Hall–Kier alpha value is -1.07. The van der Waals surface area contributed by atoms with Crippen molar-refractivity contribution in [3.05, 3.63) is 29.8 Å². The average Bonchev–Trinajstić information content (AvgIpc) is 2.43. The van der Waals surface area contributed by atoms with E-state index in [1.54, 1.807) is 16.4 Å². The maximum Gasteiger partial charge on any atom is 0.218 e. The van der Waals surface area contributed by atoms with Gasteiger partial charge in [-0.2, -0.15) is 4.31 Å². The monoisotopic (exact) mass is 296 g/mol. The van der Waals surface area contributed by atoms with Crippen LogP contribution < -0.4 is 5.73 Å². The zero-order valence-corrected chi connectivity index (χ0v) is 12.9. The smallest absolute Gasteiger partial charge is 0.218 e. The highest BCUT2D eigenvalue weighted by atomic mass is 32.2. The van der Waals surface area contributed by atoms with E-state index in [0.29, 0.717) is 17.8 Å². The molecule has 0 heterocycles. The third kappa shape index (κ3) is 3.52. The van der Waals surface area contributed by atoms with E-state index >= 15 is 0 Å². The molecule has 0 radical (unpaired) electrons. The van der Waals surface area contributed by atoms with Crippen LogP contribution in [0.4, 0.5) is 5.69 Å². The van der Waals surface area contributed by atoms with Crippen molar-refractivity contribution in [2.75, 3.05) is 12.3 Å². The molecule has 0 unspecified atom stereocenters. The van der Waals surface area contributed by atoms with Crippen LogP contribution in [0.25, 0.3) is 0 Å². The lowest BCUT2D eigenvalue weighted by atomic mass is 9.95. The summed E-state index contributed by atoms with van der Waals surface area (Å²) in [4.78, 5) is 0. The van der Waals surface area contributed by atoms with Crippen LogP contribution >= 0.6 is 0 Å². The number of benzene rings is 1. The molecule has 1 aliphatic carbocycles. The van der Waals surface area contributed by atoms with Crippen LogP contribution in [0.2, 0.25) is 0 Å². The lowest BCUT2D eigenvalue weighted by molar-refractivity contribution is 0.261. The van der Waals surface area contributed by atoms with E-state index in [-0.39, 0.29) is 11.8 Å². The zero-order chi connectivity index (χ0) is 14.6. The minimum Gasteiger partial charge on any atom is -0.398 e. The van der Waals surface area contributed by atoms with Crippen molar-refractivity contribution in [3.63, 3.8) is 0 Å². The summed E-state index contributed by atoms with van der Waals surface area (Å²) in [7, 11) is -3.29. The van der Waals surface area contributed by atoms with Crippen LogP contribution in [-0.4, -0.2) is 25.3 Å². The molecule has 0 amide bonds. The second-order valence-electron chi connectivity index (χ2n) is 5.45. The Morgan fingerprint density at radius 2 is 1.85 bits per heavy atom. The highest BCUT2D eigenvalue weighted by molar-refractivity contribution is 7.88. The van der Waals surface area contributed by atoms with Gasteiger partial charge < -0.3 is 5.73 Å². The molecule has 1 aromatic carbocycles. The number of para-hydroxylation sites is 1. The summed E-state index contributed by atoms with van der Waals surface area (Å²) >= 11 is 0. The summed E-state index contributed by atoms with van der Waals surface area (Å²) in [5.41, 5.74) is 7.11. The fraction of sp³-hybridized carbons (Fsp3) is 0.600. The Morgan fingerprint density at radius 1 is 1.20 bits per heavy atom. The predicted octanol–water partition coefficient (Wildman–Crippen LogP) is 2.75. The first-order valence-electron chi connectivity index (χ1n) is 7.37. The third-order valence-corrected chi connectivity index (χ3v) is 5.99. The van der Waals surface area contributed by atoms with E-state index in [1.807, 2.05) is 19.1 Å². The van der Waals surface area contributed by atoms with Crippen LogP contribution in [-0.2, 0) is 15.8 Å². The molecule has 112 valence electrons. The SMILES string of the molecule is CCN(C1CCCCC1)S(=O)(=O)Cc1ccccc1N. The summed E-state index contributed by atoms with van der Waals surface area (Å²) < 4.78 is 27.0. The Morgan fingerprint density at radius 3 is 2.45 bits per heavy atom. The van der Waals surface area contributed by atoms with Crippen LogP contribution in [0.3, 0.4) is 0 Å². The molecule has 1 saturated carbocycles. The van der Waals surface area contributed by atoms with Crippen LogP contribution in [0.15, 0.2) is 24.3 Å². The van der Waals surface area contributed by atoms with Gasteiger partial charge in [-0.3, -0.25) is 0 Å². The molecule has 2 rings (SSSR count). The standard InChI is InChI=1S/C15H24N2O2S/c1-2-17(14-9-4-3-5-10-14)20(18,19)12-13-8-6-7-11-15(13)16/h6-8,11,14H,2-5,9-10,12,16H2,1H3. The molecule has 5 heteroatoms. The highest BCUT2D eigenvalue weighted by Crippen LogP contribution is 2.26. The highest BCUT2D eigenvalue weighted by Gasteiger charge is 2.30. The van der Waals surface area contributed by atoms with Crippen LogP contribution in [0, 0.1) is 0 Å². The molecule has 0 aliphatic heterocycles. The fourth-order valence-corrected chi connectivity index (χ4v) is 4.88. The van der Waals surface area contributed by atoms with Crippen molar-refractivity contribution in [2.24, 2.45) is 0 Å². The number of nitrogen functional groups attached to an aromatic ring is 1. The number of sulfonamides is 1. The maximum atomic E-state index is 12.7. The Kier molecular flexibility index (Phi) is 5.05. The number of hydrogen-bond donors (Lipinski definition) is 1. The molecule has 0 spiro atoms. The average molecular weight is 296 g/mol. The molecule has 0 bridgehead atoms. The van der Waals surface area contributed by atoms with Crippen molar-refractivity contribution in [1.29, 1.82) is 0 Å². The third-order valence-electron chi connectivity index (χ3n) is 4.04. The maximum absolute atomic E-state index is 12.7. The summed E-state index contributed by atoms with van der Waals surface area (Å²) in [6.07, 6.45) is 5.45. The van der Waals surface area contributed by atoms with E-state index in [4.69, 9.17) is 5.73 Å². The van der Waals surface area contributed by atoms with E-state index in [9.17, 15) is 8.42 Å². The molecule has 20 heavy (non-hydrogen) atoms. The topological polar surface area (TPSA) is 63.4 Å². The summed E-state index contributed by atoms with van der Waals surface area (Å²) in [6, 6.07) is 7.37. The molecule has 4 nitrogen and oxygen atoms in total. The first-order chi connectivity index (χ1) is 9.54. The minimum absolute atomic E-state index is 0.00398. The largest absolute Gasteiger partial charge is 0.398 e. The number of nitrogens with zero attached hydrogens (tertiary/aromatic N) is 1. The van der Waals surface area contributed by atoms with Crippen LogP contribution in [0.5, 0.6) is 0 Å². The molecule has 1 aliphatic rings. The summed E-state index contributed by atoms with van der Waals surface area (Å²) in [5.74, 6) is 0.00398. The van der Waals surface area contributed by atoms with E-state index in [1.165, 1.54) is 6.42 Å². The molecular weight excluding hydrogens is 272 g/mol. The predicted molar refractivity (Wildman–Crippen MR) is 82.7 cm³/mol. The first-order valence-corrected chi connectivity index (χ1v) is 8.98. The van der Waals surface area contributed by atoms with Gasteiger partial charge in [-0.1, -0.05) is 44.4 Å². The number of anilines is 1. The normalized spacial score (nSPS) is 17.5. The van der Waals surface area contributed by atoms with Crippen molar-refractivity contribution in [1.82, 2.24) is 4.31 Å². The van der Waals surface area contributed by atoms with Gasteiger partial charge in [0.05, 0.1) is 5.75 Å². The Labute approximate surface area is 122 Å². The number of rotatable bonds is 5. The number of nitrogens with two attached hydrogens (primary N) is 1. The van der Waals surface area contributed by atoms with Crippen molar-refractivity contribution in [2.45, 2.75) is 50.8 Å². The van der Waals surface area contributed by atoms with Gasteiger partial charge in [0.2, 0.25) is 10.0 Å². The molecule has 0 atom stereocenters. The molecule has 0 saturated heterocycles. The number of hydrogen-bond acceptors (Lipinski definition) is 3. The summed E-state index contributed by atoms with van der Waals surface area (Å²) in [5, 5.41) is 0. The van der Waals surface area contributed by atoms with Crippen molar-refractivity contribution in [3.8, 4) is 0 Å². The first kappa shape index (κ1) is 15.3. The molecule has 1 fully saturated rings. The van der Waals surface area contributed by atoms with E-state index < -0.39 is 10.0 Å². The Balaban J connectivity index is 2.17. The lowest BCUT2D eigenvalue weighted by Crippen LogP contribution is -2.41. The fourth-order valence-electron chi connectivity index (χ4n) is 3.00. The Bertz CT molecular complexity index is 537. The van der Waals surface area contributed by atoms with Crippen molar-refractivity contribution < 1.29 is 8.42 Å². The van der Waals surface area contributed by atoms with Gasteiger partial charge in [0.15, 0.2) is 0 Å². The van der Waals surface area contributed by atoms with Gasteiger partial charge >= 0.3 is 0 Å². The zero-order valence-electron chi connectivity index (χ0n) is 12.1. The van der Waals surface area contributed by atoms with Gasteiger partial charge in [-0.15, -0.1) is 0 Å². The van der Waals surface area contributed by atoms with Gasteiger partial charge in [-0.25, -0.2) is 8.42 Å². The molecular formula is C15H24N2O2S. The van der Waals surface area contributed by atoms with E-state index in [0.717, 1.165) is 25.7 Å². The molecule has 1 aromatic rings. The van der Waals surface area contributed by atoms with Gasteiger partial charge in [0.1, 0.15) is 0 Å². The van der Waals surface area contributed by atoms with Gasteiger partial charge in [-0.05, 0) is 24.5 Å². The molecule has 2 N–H and O–H groups in total. The van der Waals surface area contributed by atoms with Gasteiger partial charge in [0.25, 0.3) is 0 Å².